The van der Waals surface area contributed by atoms with Crippen LogP contribution < -0.4 is 5.48 Å². The van der Waals surface area contributed by atoms with Crippen LogP contribution in [0, 0.1) is 5.92 Å². The molecule has 0 aromatic rings. The molecule has 0 aromatic carbocycles. The lowest BCUT2D eigenvalue weighted by molar-refractivity contribution is -0.134. The van der Waals surface area contributed by atoms with E-state index in [9.17, 15) is 18.0 Å². The minimum Gasteiger partial charge on any atom is -0.381 e. The van der Waals surface area contributed by atoms with E-state index in [0.29, 0.717) is 25.4 Å². The third kappa shape index (κ3) is 5.58. The highest BCUT2D eigenvalue weighted by Crippen LogP contribution is 2.35. The van der Waals surface area contributed by atoms with Crippen LogP contribution in [0.1, 0.15) is 70.6 Å². The van der Waals surface area contributed by atoms with Crippen molar-refractivity contribution in [2.45, 2.75) is 75.4 Å². The van der Waals surface area contributed by atoms with Crippen LogP contribution in [0.5, 0.6) is 0 Å². The highest BCUT2D eigenvalue weighted by Gasteiger charge is 2.54. The Kier molecular flexibility index (Phi) is 8.72. The molecule has 3 rings (SSSR count). The van der Waals surface area contributed by atoms with E-state index in [2.05, 4.69) is 0 Å². The topological polar surface area (TPSA) is 116 Å². The number of likely N-dealkylation sites (tertiary alicyclic amines) is 1. The van der Waals surface area contributed by atoms with Gasteiger partial charge in [0.05, 0.1) is 0 Å². The van der Waals surface area contributed by atoms with Crippen LogP contribution in [0.4, 0.5) is 0 Å². The molecule has 0 bridgehead atoms. The molecule has 10 heteroatoms. The minimum atomic E-state index is -3.90. The molecule has 0 aromatic heterocycles. The molecule has 3 aliphatic heterocycles. The van der Waals surface area contributed by atoms with Gasteiger partial charge in [0, 0.05) is 58.7 Å². The van der Waals surface area contributed by atoms with Crippen LogP contribution in [0.15, 0.2) is 0 Å². The smallest absolute Gasteiger partial charge is 0.266 e. The van der Waals surface area contributed by atoms with Gasteiger partial charge in [-0.15, -0.1) is 0 Å². The third-order valence-corrected chi connectivity index (χ3v) is 9.81. The van der Waals surface area contributed by atoms with Crippen molar-refractivity contribution in [2.75, 3.05) is 39.4 Å². The number of sulfonamides is 1. The fraction of sp³-hybridized carbons (Fsp3) is 0.905. The first kappa shape index (κ1) is 24.4. The van der Waals surface area contributed by atoms with Crippen molar-refractivity contribution in [1.29, 1.82) is 0 Å². The number of nitrogens with one attached hydrogen (secondary N) is 1. The molecular formula is C21H37N3O6S. The van der Waals surface area contributed by atoms with Crippen LogP contribution >= 0.6 is 0 Å². The number of rotatable bonds is 8. The fourth-order valence-electron chi connectivity index (χ4n) is 5.10. The molecule has 3 aliphatic rings. The number of ether oxygens (including phenoxy) is 1. The Morgan fingerprint density at radius 1 is 1.00 bits per heavy atom. The largest absolute Gasteiger partial charge is 0.381 e. The Bertz CT molecular complexity index is 709. The van der Waals surface area contributed by atoms with Gasteiger partial charge in [0.1, 0.15) is 0 Å². The first-order valence-electron chi connectivity index (χ1n) is 11.7. The lowest BCUT2D eigenvalue weighted by Gasteiger charge is -2.40. The van der Waals surface area contributed by atoms with E-state index >= 15 is 0 Å². The highest BCUT2D eigenvalue weighted by molar-refractivity contribution is 7.91. The summed E-state index contributed by atoms with van der Waals surface area (Å²) in [7, 11) is -3.90. The molecule has 0 spiro atoms. The van der Waals surface area contributed by atoms with Crippen LogP contribution in [-0.2, 0) is 24.3 Å². The second kappa shape index (κ2) is 11.1. The molecule has 2 N–H and O–H groups in total. The third-order valence-electron chi connectivity index (χ3n) is 7.18. The van der Waals surface area contributed by atoms with E-state index in [4.69, 9.17) is 9.94 Å². The van der Waals surface area contributed by atoms with E-state index in [1.807, 2.05) is 4.90 Å². The number of amides is 2. The molecule has 9 nitrogen and oxygen atoms in total. The monoisotopic (exact) mass is 459 g/mol. The van der Waals surface area contributed by atoms with Crippen molar-refractivity contribution >= 4 is 21.8 Å². The molecule has 3 fully saturated rings. The number of hydrogen-bond acceptors (Lipinski definition) is 6. The average molecular weight is 460 g/mol. The predicted octanol–water partition coefficient (Wildman–Crippen LogP) is 1.66. The molecule has 0 radical (unpaired) electrons. The number of carbonyl (C=O) groups is 2. The van der Waals surface area contributed by atoms with Crippen molar-refractivity contribution in [2.24, 2.45) is 5.92 Å². The van der Waals surface area contributed by atoms with E-state index in [1.165, 1.54) is 10.7 Å². The number of carbonyl (C=O) groups excluding carboxylic acids is 2. The molecule has 2 amide bonds. The van der Waals surface area contributed by atoms with Crippen molar-refractivity contribution < 1.29 is 28.0 Å². The molecular weight excluding hydrogens is 422 g/mol. The zero-order chi connectivity index (χ0) is 22.3. The standard InChI is InChI=1S/C21H37N3O6S/c25-19(23-12-4-1-5-13-23)7-3-2-6-18-8-14-24(15-9-18)31(28,29)21(20(26)22-27)10-16-30-17-11-21/h18,27H,1-17H2,(H,22,26). The van der Waals surface area contributed by atoms with Crippen LogP contribution in [-0.4, -0.2) is 78.8 Å². The van der Waals surface area contributed by atoms with E-state index in [-0.39, 0.29) is 32.0 Å². The van der Waals surface area contributed by atoms with Gasteiger partial charge in [-0.2, -0.15) is 0 Å². The lowest BCUT2D eigenvalue weighted by atomic mass is 9.92. The maximum atomic E-state index is 13.3. The normalized spacial score (nSPS) is 23.5. The molecule has 178 valence electrons. The minimum absolute atomic E-state index is 0.0483. The fourth-order valence-corrected chi connectivity index (χ4v) is 7.25. The first-order chi connectivity index (χ1) is 14.9. The molecule has 3 heterocycles. The van der Waals surface area contributed by atoms with Gasteiger partial charge in [0.25, 0.3) is 5.91 Å². The number of piperidine rings is 2. The van der Waals surface area contributed by atoms with Crippen molar-refractivity contribution in [1.82, 2.24) is 14.7 Å². The molecule has 3 saturated heterocycles. The second-order valence-electron chi connectivity index (χ2n) is 9.08. The molecule has 0 atom stereocenters. The van der Waals surface area contributed by atoms with Crippen LogP contribution in [0.3, 0.4) is 0 Å². The lowest BCUT2D eigenvalue weighted by Crippen LogP contribution is -2.60. The Balaban J connectivity index is 1.44. The number of nitrogens with zero attached hydrogens (tertiary/aromatic N) is 2. The Hall–Kier alpha value is -1.23. The summed E-state index contributed by atoms with van der Waals surface area (Å²) in [6.07, 6.45) is 8.52. The van der Waals surface area contributed by atoms with Gasteiger partial charge >= 0.3 is 0 Å². The van der Waals surface area contributed by atoms with Crippen molar-refractivity contribution in [3.8, 4) is 0 Å². The summed E-state index contributed by atoms with van der Waals surface area (Å²) in [5.41, 5.74) is 1.57. The van der Waals surface area contributed by atoms with Crippen LogP contribution in [0.25, 0.3) is 0 Å². The van der Waals surface area contributed by atoms with Gasteiger partial charge < -0.3 is 9.64 Å². The maximum absolute atomic E-state index is 13.3. The zero-order valence-electron chi connectivity index (χ0n) is 18.4. The van der Waals surface area contributed by atoms with E-state index < -0.39 is 20.7 Å². The SMILES string of the molecule is O=C(CCCCC1CCN(S(=O)(=O)C2(C(=O)NO)CCOCC2)CC1)N1CCCCC1. The second-order valence-corrected chi connectivity index (χ2v) is 11.3. The summed E-state index contributed by atoms with van der Waals surface area (Å²) >= 11 is 0. The van der Waals surface area contributed by atoms with Gasteiger partial charge in [-0.1, -0.05) is 12.8 Å². The quantitative estimate of drug-likeness (QED) is 0.324. The van der Waals surface area contributed by atoms with Crippen molar-refractivity contribution in [3.63, 3.8) is 0 Å². The highest BCUT2D eigenvalue weighted by atomic mass is 32.2. The number of hydroxylamine groups is 1. The Morgan fingerprint density at radius 3 is 2.26 bits per heavy atom. The molecule has 31 heavy (non-hydrogen) atoms. The summed E-state index contributed by atoms with van der Waals surface area (Å²) in [5.74, 6) is -0.158. The summed E-state index contributed by atoms with van der Waals surface area (Å²) in [6, 6.07) is 0. The maximum Gasteiger partial charge on any atom is 0.266 e. The van der Waals surface area contributed by atoms with Gasteiger partial charge in [-0.25, -0.2) is 18.2 Å². The molecule has 0 unspecified atom stereocenters. The van der Waals surface area contributed by atoms with E-state index in [0.717, 1.165) is 58.0 Å². The molecule has 0 saturated carbocycles. The Morgan fingerprint density at radius 2 is 1.65 bits per heavy atom. The predicted molar refractivity (Wildman–Crippen MR) is 115 cm³/mol. The van der Waals surface area contributed by atoms with Crippen LogP contribution in [0.2, 0.25) is 0 Å². The Labute approximate surface area is 185 Å². The summed E-state index contributed by atoms with van der Waals surface area (Å²) in [4.78, 5) is 26.6. The average Bonchev–Trinajstić information content (AvgIpc) is 2.82. The molecule has 0 aliphatic carbocycles. The summed E-state index contributed by atoms with van der Waals surface area (Å²) in [5, 5.41) is 9.15. The van der Waals surface area contributed by atoms with E-state index in [1.54, 1.807) is 5.48 Å². The van der Waals surface area contributed by atoms with Gasteiger partial charge in [0.15, 0.2) is 4.75 Å². The first-order valence-corrected chi connectivity index (χ1v) is 13.1. The number of hydrogen-bond donors (Lipinski definition) is 2. The van der Waals surface area contributed by atoms with Gasteiger partial charge in [-0.05, 0) is 44.4 Å². The number of unbranched alkanes of at least 4 members (excludes halogenated alkanes) is 1. The van der Waals surface area contributed by atoms with Gasteiger partial charge in [-0.3, -0.25) is 14.8 Å². The summed E-state index contributed by atoms with van der Waals surface area (Å²) in [6.45, 7) is 2.93. The van der Waals surface area contributed by atoms with Gasteiger partial charge in [0.2, 0.25) is 15.9 Å². The van der Waals surface area contributed by atoms with Crippen molar-refractivity contribution in [3.05, 3.63) is 0 Å². The summed E-state index contributed by atoms with van der Waals surface area (Å²) < 4.78 is 31.7. The zero-order valence-corrected chi connectivity index (χ0v) is 19.2.